The Kier molecular flexibility index (Phi) is 4.20. The van der Waals surface area contributed by atoms with E-state index in [1.165, 1.54) is 0 Å². The molecule has 1 aliphatic heterocycles. The van der Waals surface area contributed by atoms with E-state index in [1.54, 1.807) is 23.1 Å². The van der Waals surface area contributed by atoms with Crippen molar-refractivity contribution in [3.63, 3.8) is 0 Å². The summed E-state index contributed by atoms with van der Waals surface area (Å²) >= 11 is 1.63. The Morgan fingerprint density at radius 3 is 3.05 bits per heavy atom. The van der Waals surface area contributed by atoms with Gasteiger partial charge in [-0.1, -0.05) is 6.07 Å². The molecule has 0 saturated carbocycles. The van der Waals surface area contributed by atoms with Crippen LogP contribution < -0.4 is 4.74 Å². The van der Waals surface area contributed by atoms with Gasteiger partial charge in [-0.05, 0) is 31.2 Å². The largest absolute Gasteiger partial charge is 0.481 e. The number of likely N-dealkylation sites (tertiary alicyclic amines) is 1. The number of amides is 1. The van der Waals surface area contributed by atoms with Crippen molar-refractivity contribution in [1.82, 2.24) is 14.7 Å². The zero-order valence-corrected chi connectivity index (χ0v) is 14.0. The molecule has 1 amide bonds. The average Bonchev–Trinajstić information content (AvgIpc) is 3.18. The van der Waals surface area contributed by atoms with Gasteiger partial charge in [-0.15, -0.1) is 11.3 Å². The summed E-state index contributed by atoms with van der Waals surface area (Å²) in [7, 11) is 3.54. The lowest BCUT2D eigenvalue weighted by molar-refractivity contribution is -0.131. The standard InChI is InChI=1S/C16H21N3O2S/c1-11-15(16(21-3)18(2)17-11)13-7-4-8-19(13)14(20)10-12-6-5-9-22-12/h5-6,9,13H,4,7-8,10H2,1-3H3/t13-/m1/s1. The van der Waals surface area contributed by atoms with E-state index in [-0.39, 0.29) is 11.9 Å². The molecule has 0 unspecified atom stereocenters. The van der Waals surface area contributed by atoms with Crippen LogP contribution in [0.3, 0.4) is 0 Å². The van der Waals surface area contributed by atoms with Crippen LogP contribution in [0.4, 0.5) is 0 Å². The number of rotatable bonds is 4. The number of carbonyl (C=O) groups excluding carboxylic acids is 1. The summed E-state index contributed by atoms with van der Waals surface area (Å²) in [6, 6.07) is 4.09. The molecule has 1 fully saturated rings. The number of aromatic nitrogens is 2. The Bertz CT molecular complexity index is 663. The molecule has 5 nitrogen and oxygen atoms in total. The van der Waals surface area contributed by atoms with Gasteiger partial charge in [-0.3, -0.25) is 4.79 Å². The van der Waals surface area contributed by atoms with Crippen molar-refractivity contribution in [3.8, 4) is 5.88 Å². The monoisotopic (exact) mass is 319 g/mol. The fourth-order valence-corrected chi connectivity index (χ4v) is 4.00. The number of thiophene rings is 1. The number of methoxy groups -OCH3 is 1. The van der Waals surface area contributed by atoms with Crippen LogP contribution in [0.5, 0.6) is 5.88 Å². The molecule has 3 rings (SSSR count). The van der Waals surface area contributed by atoms with Crippen LogP contribution in [-0.4, -0.2) is 34.2 Å². The third kappa shape index (κ3) is 2.63. The minimum Gasteiger partial charge on any atom is -0.481 e. The van der Waals surface area contributed by atoms with Crippen LogP contribution in [0.2, 0.25) is 0 Å². The predicted octanol–water partition coefficient (Wildman–Crippen LogP) is 2.70. The molecule has 2 aromatic heterocycles. The topological polar surface area (TPSA) is 47.4 Å². The van der Waals surface area contributed by atoms with Crippen molar-refractivity contribution in [2.45, 2.75) is 32.2 Å². The highest BCUT2D eigenvalue weighted by Gasteiger charge is 2.34. The summed E-state index contributed by atoms with van der Waals surface area (Å²) in [6.45, 7) is 2.80. The number of ether oxygens (including phenoxy) is 1. The third-order valence-corrected chi connectivity index (χ3v) is 5.10. The molecule has 0 spiro atoms. The molecule has 1 saturated heterocycles. The minimum absolute atomic E-state index is 0.0797. The zero-order valence-electron chi connectivity index (χ0n) is 13.2. The summed E-state index contributed by atoms with van der Waals surface area (Å²) in [5, 5.41) is 6.46. The number of aryl methyl sites for hydroxylation is 2. The highest BCUT2D eigenvalue weighted by molar-refractivity contribution is 7.10. The van der Waals surface area contributed by atoms with Crippen molar-refractivity contribution >= 4 is 17.2 Å². The summed E-state index contributed by atoms with van der Waals surface area (Å²) in [4.78, 5) is 15.8. The van der Waals surface area contributed by atoms with Gasteiger partial charge in [0.15, 0.2) is 0 Å². The second-order valence-corrected chi connectivity index (χ2v) is 6.67. The van der Waals surface area contributed by atoms with Gasteiger partial charge in [-0.2, -0.15) is 5.10 Å². The first-order valence-corrected chi connectivity index (χ1v) is 8.39. The molecule has 0 bridgehead atoms. The molecule has 118 valence electrons. The number of hydrogen-bond donors (Lipinski definition) is 0. The van der Waals surface area contributed by atoms with Crippen molar-refractivity contribution in [2.24, 2.45) is 7.05 Å². The molecule has 22 heavy (non-hydrogen) atoms. The first-order valence-electron chi connectivity index (χ1n) is 7.51. The normalized spacial score (nSPS) is 18.0. The lowest BCUT2D eigenvalue weighted by Crippen LogP contribution is -2.32. The second kappa shape index (κ2) is 6.12. The first-order chi connectivity index (χ1) is 10.6. The van der Waals surface area contributed by atoms with Gasteiger partial charge in [0.2, 0.25) is 11.8 Å². The van der Waals surface area contributed by atoms with Gasteiger partial charge in [0.1, 0.15) is 0 Å². The van der Waals surface area contributed by atoms with Crippen LogP contribution in [0, 0.1) is 6.92 Å². The van der Waals surface area contributed by atoms with Crippen LogP contribution >= 0.6 is 11.3 Å². The highest BCUT2D eigenvalue weighted by Crippen LogP contribution is 2.39. The fraction of sp³-hybridized carbons (Fsp3) is 0.500. The molecular weight excluding hydrogens is 298 g/mol. The Hall–Kier alpha value is -1.82. The molecule has 0 aliphatic carbocycles. The summed E-state index contributed by atoms with van der Waals surface area (Å²) in [6.07, 6.45) is 2.48. The molecule has 1 aliphatic rings. The van der Waals surface area contributed by atoms with E-state index in [2.05, 4.69) is 5.10 Å². The van der Waals surface area contributed by atoms with Crippen LogP contribution in [-0.2, 0) is 18.3 Å². The maximum atomic E-state index is 12.7. The minimum atomic E-state index is 0.0797. The fourth-order valence-electron chi connectivity index (χ4n) is 3.31. The first kappa shape index (κ1) is 15.1. The summed E-state index contributed by atoms with van der Waals surface area (Å²) in [5.41, 5.74) is 2.00. The van der Waals surface area contributed by atoms with E-state index in [0.717, 1.165) is 41.4 Å². The number of hydrogen-bond acceptors (Lipinski definition) is 4. The predicted molar refractivity (Wildman–Crippen MR) is 86.2 cm³/mol. The maximum Gasteiger partial charge on any atom is 0.228 e. The van der Waals surface area contributed by atoms with Gasteiger partial charge in [0.05, 0.1) is 30.8 Å². The molecule has 2 aromatic rings. The van der Waals surface area contributed by atoms with Crippen molar-refractivity contribution < 1.29 is 9.53 Å². The molecule has 3 heterocycles. The third-order valence-electron chi connectivity index (χ3n) is 4.22. The van der Waals surface area contributed by atoms with E-state index in [9.17, 15) is 4.79 Å². The van der Waals surface area contributed by atoms with E-state index in [0.29, 0.717) is 6.42 Å². The quantitative estimate of drug-likeness (QED) is 0.870. The smallest absolute Gasteiger partial charge is 0.228 e. The van der Waals surface area contributed by atoms with Crippen LogP contribution in [0.25, 0.3) is 0 Å². The Morgan fingerprint density at radius 1 is 1.55 bits per heavy atom. The van der Waals surface area contributed by atoms with Gasteiger partial charge in [0.25, 0.3) is 0 Å². The Balaban J connectivity index is 1.86. The Labute approximate surface area is 134 Å². The second-order valence-electron chi connectivity index (χ2n) is 5.63. The highest BCUT2D eigenvalue weighted by atomic mass is 32.1. The van der Waals surface area contributed by atoms with Crippen LogP contribution in [0.1, 0.15) is 35.0 Å². The Morgan fingerprint density at radius 2 is 2.36 bits per heavy atom. The van der Waals surface area contributed by atoms with Gasteiger partial charge in [0, 0.05) is 18.5 Å². The van der Waals surface area contributed by atoms with Crippen molar-refractivity contribution in [2.75, 3.05) is 13.7 Å². The number of carbonyl (C=O) groups is 1. The maximum absolute atomic E-state index is 12.7. The van der Waals surface area contributed by atoms with Gasteiger partial charge >= 0.3 is 0 Å². The lowest BCUT2D eigenvalue weighted by atomic mass is 10.0. The summed E-state index contributed by atoms with van der Waals surface area (Å²) < 4.78 is 7.26. The lowest BCUT2D eigenvalue weighted by Gasteiger charge is -2.25. The zero-order chi connectivity index (χ0) is 15.7. The van der Waals surface area contributed by atoms with Gasteiger partial charge < -0.3 is 9.64 Å². The molecule has 0 radical (unpaired) electrons. The molecular formula is C16H21N3O2S. The summed E-state index contributed by atoms with van der Waals surface area (Å²) in [5.74, 6) is 0.952. The van der Waals surface area contributed by atoms with Crippen LogP contribution in [0.15, 0.2) is 17.5 Å². The molecule has 0 aromatic carbocycles. The van der Waals surface area contributed by atoms with Gasteiger partial charge in [-0.25, -0.2) is 4.68 Å². The molecule has 0 N–H and O–H groups in total. The molecule has 1 atom stereocenters. The SMILES string of the molecule is COc1c([C@H]2CCCN2C(=O)Cc2cccs2)c(C)nn1C. The van der Waals surface area contributed by atoms with Crippen molar-refractivity contribution in [1.29, 1.82) is 0 Å². The van der Waals surface area contributed by atoms with Crippen molar-refractivity contribution in [3.05, 3.63) is 33.6 Å². The van der Waals surface area contributed by atoms with E-state index < -0.39 is 0 Å². The van der Waals surface area contributed by atoms with E-state index in [1.807, 2.05) is 36.4 Å². The average molecular weight is 319 g/mol. The number of nitrogens with zero attached hydrogens (tertiary/aromatic N) is 3. The van der Waals surface area contributed by atoms with E-state index >= 15 is 0 Å². The molecule has 6 heteroatoms. The van der Waals surface area contributed by atoms with E-state index in [4.69, 9.17) is 4.74 Å².